The minimum atomic E-state index is -4.13. The first-order chi connectivity index (χ1) is 7.34. The fraction of sp³-hybridized carbons (Fsp3) is 0.455. The Morgan fingerprint density at radius 3 is 2.56 bits per heavy atom. The molecule has 90 valence electrons. The molecule has 0 amide bonds. The standard InChI is InChI=1S/C11H16O4S/c1-8-4-5-11(16(12,13)14)7-10(8)6-9(2)15-3/h4-5,7,9H,6H2,1-3H3,(H,12,13,14)/t9-/m1/s1. The van der Waals surface area contributed by atoms with Gasteiger partial charge in [-0.3, -0.25) is 4.55 Å². The number of rotatable bonds is 4. The predicted molar refractivity (Wildman–Crippen MR) is 61.2 cm³/mol. The molecule has 0 saturated heterocycles. The summed E-state index contributed by atoms with van der Waals surface area (Å²) in [6, 6.07) is 4.56. The monoisotopic (exact) mass is 244 g/mol. The summed E-state index contributed by atoms with van der Waals surface area (Å²) in [4.78, 5) is -0.0728. The molecule has 0 aliphatic carbocycles. The van der Waals surface area contributed by atoms with Crippen molar-refractivity contribution >= 4 is 10.1 Å². The molecule has 0 spiro atoms. The zero-order chi connectivity index (χ0) is 12.3. The Kier molecular flexibility index (Phi) is 4.07. The van der Waals surface area contributed by atoms with Gasteiger partial charge in [-0.25, -0.2) is 0 Å². The van der Waals surface area contributed by atoms with Crippen LogP contribution in [-0.2, 0) is 21.3 Å². The van der Waals surface area contributed by atoms with Gasteiger partial charge in [0.15, 0.2) is 0 Å². The van der Waals surface area contributed by atoms with E-state index >= 15 is 0 Å². The fourth-order valence-corrected chi connectivity index (χ4v) is 1.95. The van der Waals surface area contributed by atoms with E-state index in [2.05, 4.69) is 0 Å². The van der Waals surface area contributed by atoms with Crippen LogP contribution in [0.5, 0.6) is 0 Å². The second-order valence-corrected chi connectivity index (χ2v) is 5.24. The zero-order valence-electron chi connectivity index (χ0n) is 9.60. The van der Waals surface area contributed by atoms with Crippen LogP contribution in [0, 0.1) is 6.92 Å². The molecular weight excluding hydrogens is 228 g/mol. The molecular formula is C11H16O4S. The van der Waals surface area contributed by atoms with Crippen molar-refractivity contribution in [3.8, 4) is 0 Å². The van der Waals surface area contributed by atoms with Crippen molar-refractivity contribution in [2.75, 3.05) is 7.11 Å². The molecule has 1 atom stereocenters. The summed E-state index contributed by atoms with van der Waals surface area (Å²) in [5.41, 5.74) is 1.85. The van der Waals surface area contributed by atoms with Gasteiger partial charge in [0.05, 0.1) is 11.0 Å². The highest BCUT2D eigenvalue weighted by atomic mass is 32.2. The third-order valence-corrected chi connectivity index (χ3v) is 3.38. The smallest absolute Gasteiger partial charge is 0.294 e. The first kappa shape index (κ1) is 13.2. The predicted octanol–water partition coefficient (Wildman–Crippen LogP) is 1.82. The molecule has 4 nitrogen and oxygen atoms in total. The van der Waals surface area contributed by atoms with Gasteiger partial charge in [-0.1, -0.05) is 6.07 Å². The Bertz CT molecular complexity index is 465. The molecule has 16 heavy (non-hydrogen) atoms. The topological polar surface area (TPSA) is 63.6 Å². The second-order valence-electron chi connectivity index (χ2n) is 3.81. The van der Waals surface area contributed by atoms with Crippen molar-refractivity contribution in [3.05, 3.63) is 29.3 Å². The second kappa shape index (κ2) is 4.95. The van der Waals surface area contributed by atoms with Crippen LogP contribution >= 0.6 is 0 Å². The molecule has 1 aromatic rings. The summed E-state index contributed by atoms with van der Waals surface area (Å²) in [5.74, 6) is 0. The number of hydrogen-bond donors (Lipinski definition) is 1. The first-order valence-corrected chi connectivity index (χ1v) is 6.38. The summed E-state index contributed by atoms with van der Waals surface area (Å²) < 4.78 is 36.0. The molecule has 0 radical (unpaired) electrons. The van der Waals surface area contributed by atoms with E-state index in [-0.39, 0.29) is 11.0 Å². The van der Waals surface area contributed by atoms with E-state index in [9.17, 15) is 8.42 Å². The number of methoxy groups -OCH3 is 1. The van der Waals surface area contributed by atoms with Crippen molar-refractivity contribution in [3.63, 3.8) is 0 Å². The van der Waals surface area contributed by atoms with Crippen LogP contribution in [0.1, 0.15) is 18.1 Å². The molecule has 0 aromatic heterocycles. The van der Waals surface area contributed by atoms with Gasteiger partial charge in [0, 0.05) is 7.11 Å². The summed E-state index contributed by atoms with van der Waals surface area (Å²) >= 11 is 0. The summed E-state index contributed by atoms with van der Waals surface area (Å²) in [7, 11) is -2.52. The molecule has 1 N–H and O–H groups in total. The summed E-state index contributed by atoms with van der Waals surface area (Å²) in [6.07, 6.45) is 0.626. The maximum atomic E-state index is 11.0. The van der Waals surface area contributed by atoms with Crippen LogP contribution in [0.25, 0.3) is 0 Å². The van der Waals surface area contributed by atoms with Gasteiger partial charge in [-0.05, 0) is 43.5 Å². The molecule has 5 heteroatoms. The molecule has 1 aromatic carbocycles. The molecule has 0 heterocycles. The maximum Gasteiger partial charge on any atom is 0.294 e. The molecule has 1 rings (SSSR count). The van der Waals surface area contributed by atoms with E-state index < -0.39 is 10.1 Å². The minimum Gasteiger partial charge on any atom is -0.381 e. The van der Waals surface area contributed by atoms with Crippen LogP contribution in [0.3, 0.4) is 0 Å². The van der Waals surface area contributed by atoms with Crippen LogP contribution in [-0.4, -0.2) is 26.2 Å². The van der Waals surface area contributed by atoms with E-state index in [0.29, 0.717) is 6.42 Å². The highest BCUT2D eigenvalue weighted by molar-refractivity contribution is 7.85. The highest BCUT2D eigenvalue weighted by Gasteiger charge is 2.12. The lowest BCUT2D eigenvalue weighted by Crippen LogP contribution is -2.10. The van der Waals surface area contributed by atoms with Gasteiger partial charge in [0.1, 0.15) is 0 Å². The number of ether oxygens (including phenoxy) is 1. The number of hydrogen-bond acceptors (Lipinski definition) is 3. The third kappa shape index (κ3) is 3.30. The zero-order valence-corrected chi connectivity index (χ0v) is 10.4. The van der Waals surface area contributed by atoms with E-state index in [4.69, 9.17) is 9.29 Å². The molecule has 0 saturated carbocycles. The Morgan fingerprint density at radius 1 is 1.44 bits per heavy atom. The van der Waals surface area contributed by atoms with Gasteiger partial charge >= 0.3 is 0 Å². The Balaban J connectivity index is 3.09. The first-order valence-electron chi connectivity index (χ1n) is 4.94. The van der Waals surface area contributed by atoms with E-state index in [0.717, 1.165) is 11.1 Å². The van der Waals surface area contributed by atoms with Gasteiger partial charge in [0.2, 0.25) is 0 Å². The van der Waals surface area contributed by atoms with Crippen LogP contribution < -0.4 is 0 Å². The quantitative estimate of drug-likeness (QED) is 0.820. The Morgan fingerprint density at radius 2 is 2.06 bits per heavy atom. The van der Waals surface area contributed by atoms with Crippen molar-refractivity contribution in [2.24, 2.45) is 0 Å². The van der Waals surface area contributed by atoms with Gasteiger partial charge in [-0.15, -0.1) is 0 Å². The van der Waals surface area contributed by atoms with Crippen LogP contribution in [0.4, 0.5) is 0 Å². The third-order valence-electron chi connectivity index (χ3n) is 2.53. The number of benzene rings is 1. The highest BCUT2D eigenvalue weighted by Crippen LogP contribution is 2.17. The van der Waals surface area contributed by atoms with Crippen LogP contribution in [0.15, 0.2) is 23.1 Å². The van der Waals surface area contributed by atoms with E-state index in [1.807, 2.05) is 13.8 Å². The molecule has 0 fully saturated rings. The van der Waals surface area contributed by atoms with Crippen molar-refractivity contribution in [1.29, 1.82) is 0 Å². The molecule has 0 aliphatic rings. The molecule has 0 unspecified atom stereocenters. The molecule has 0 aliphatic heterocycles. The lowest BCUT2D eigenvalue weighted by molar-refractivity contribution is 0.118. The average molecular weight is 244 g/mol. The van der Waals surface area contributed by atoms with Gasteiger partial charge in [0.25, 0.3) is 10.1 Å². The van der Waals surface area contributed by atoms with E-state index in [1.165, 1.54) is 12.1 Å². The van der Waals surface area contributed by atoms with Crippen molar-refractivity contribution < 1.29 is 17.7 Å². The molecule has 0 bridgehead atoms. The van der Waals surface area contributed by atoms with Gasteiger partial charge < -0.3 is 4.74 Å². The van der Waals surface area contributed by atoms with Crippen LogP contribution in [0.2, 0.25) is 0 Å². The Hall–Kier alpha value is -0.910. The SMILES string of the molecule is CO[C@H](C)Cc1cc(S(=O)(=O)O)ccc1C. The number of aryl methyl sites for hydroxylation is 1. The Labute approximate surface area is 96.0 Å². The summed E-state index contributed by atoms with van der Waals surface area (Å²) in [5, 5.41) is 0. The largest absolute Gasteiger partial charge is 0.381 e. The normalized spacial score (nSPS) is 13.8. The van der Waals surface area contributed by atoms with Crippen molar-refractivity contribution in [2.45, 2.75) is 31.3 Å². The lowest BCUT2D eigenvalue weighted by Gasteiger charge is -2.12. The average Bonchev–Trinajstić information content (AvgIpc) is 2.19. The maximum absolute atomic E-state index is 11.0. The van der Waals surface area contributed by atoms with Crippen molar-refractivity contribution in [1.82, 2.24) is 0 Å². The van der Waals surface area contributed by atoms with E-state index in [1.54, 1.807) is 13.2 Å². The summed E-state index contributed by atoms with van der Waals surface area (Å²) in [6.45, 7) is 3.80. The minimum absolute atomic E-state index is 0.00958. The lowest BCUT2D eigenvalue weighted by atomic mass is 10.0. The fourth-order valence-electron chi connectivity index (χ4n) is 1.42. The van der Waals surface area contributed by atoms with Gasteiger partial charge in [-0.2, -0.15) is 8.42 Å².